The van der Waals surface area contributed by atoms with Crippen molar-refractivity contribution in [3.05, 3.63) is 40.0 Å². The fourth-order valence-electron chi connectivity index (χ4n) is 1.26. The number of esters is 1. The fourth-order valence-corrected chi connectivity index (χ4v) is 1.52. The average molecular weight is 365 g/mol. The molecule has 1 rings (SSSR count). The third-order valence-corrected chi connectivity index (χ3v) is 2.79. The van der Waals surface area contributed by atoms with Crippen LogP contribution in [0.5, 0.6) is 0 Å². The van der Waals surface area contributed by atoms with Crippen molar-refractivity contribution < 1.29 is 22.7 Å². The van der Waals surface area contributed by atoms with E-state index in [0.717, 1.165) is 10.7 Å². The Bertz CT molecular complexity index is 566. The van der Waals surface area contributed by atoms with Crippen LogP contribution in [0.3, 0.4) is 0 Å². The molecule has 0 aliphatic rings. The summed E-state index contributed by atoms with van der Waals surface area (Å²) in [5.41, 5.74) is 2.97. The minimum atomic E-state index is -4.84. The van der Waals surface area contributed by atoms with E-state index in [1.54, 1.807) is 24.3 Å². The third-order valence-electron chi connectivity index (χ3n) is 2.26. The number of halogens is 4. The van der Waals surface area contributed by atoms with E-state index in [2.05, 4.69) is 25.7 Å². The van der Waals surface area contributed by atoms with Gasteiger partial charge in [0.15, 0.2) is 0 Å². The van der Waals surface area contributed by atoms with Crippen LogP contribution in [0, 0.1) is 0 Å². The Kier molecular flexibility index (Phi) is 5.95. The van der Waals surface area contributed by atoms with Crippen molar-refractivity contribution >= 4 is 33.8 Å². The highest BCUT2D eigenvalue weighted by Crippen LogP contribution is 2.25. The predicted octanol–water partition coefficient (Wildman–Crippen LogP) is 3.49. The van der Waals surface area contributed by atoms with Crippen LogP contribution in [-0.2, 0) is 9.53 Å². The van der Waals surface area contributed by atoms with Crippen molar-refractivity contribution in [2.24, 2.45) is 10.7 Å². The number of rotatable bonds is 4. The molecule has 0 unspecified atom stereocenters. The molecule has 0 aromatic heterocycles. The maximum atomic E-state index is 12.6. The standard InChI is InChI=1S/C13H12BrF3N2O2/c1-2-21-12(20)10(11(18)13(15,16)17)7-19-9-5-3-8(14)4-6-9/h3-7H,2,18H2,1H3/b11-10+,19-7?. The molecule has 4 nitrogen and oxygen atoms in total. The summed E-state index contributed by atoms with van der Waals surface area (Å²) in [4.78, 5) is 15.3. The van der Waals surface area contributed by atoms with Crippen LogP contribution >= 0.6 is 15.9 Å². The molecule has 1 aromatic carbocycles. The zero-order chi connectivity index (χ0) is 16.0. The van der Waals surface area contributed by atoms with Crippen molar-refractivity contribution in [3.8, 4) is 0 Å². The van der Waals surface area contributed by atoms with Gasteiger partial charge in [-0.2, -0.15) is 13.2 Å². The number of allylic oxidation sites excluding steroid dienone is 1. The van der Waals surface area contributed by atoms with Gasteiger partial charge in [-0.1, -0.05) is 15.9 Å². The number of nitrogens with zero attached hydrogens (tertiary/aromatic N) is 1. The zero-order valence-electron chi connectivity index (χ0n) is 10.9. The number of hydrogen-bond donors (Lipinski definition) is 1. The lowest BCUT2D eigenvalue weighted by Gasteiger charge is -2.10. The van der Waals surface area contributed by atoms with E-state index >= 15 is 0 Å². The van der Waals surface area contributed by atoms with Crippen molar-refractivity contribution in [1.29, 1.82) is 0 Å². The van der Waals surface area contributed by atoms with Gasteiger partial charge in [-0.25, -0.2) is 4.79 Å². The molecule has 0 aliphatic heterocycles. The van der Waals surface area contributed by atoms with Gasteiger partial charge in [0.1, 0.15) is 11.3 Å². The highest BCUT2D eigenvalue weighted by Gasteiger charge is 2.36. The highest BCUT2D eigenvalue weighted by atomic mass is 79.9. The summed E-state index contributed by atoms with van der Waals surface area (Å²) in [5.74, 6) is -1.17. The summed E-state index contributed by atoms with van der Waals surface area (Å²) < 4.78 is 43.2. The quantitative estimate of drug-likeness (QED) is 0.505. The van der Waals surface area contributed by atoms with Gasteiger partial charge in [-0.3, -0.25) is 4.99 Å². The zero-order valence-corrected chi connectivity index (χ0v) is 12.5. The van der Waals surface area contributed by atoms with Crippen LogP contribution in [0.15, 0.2) is 45.0 Å². The Labute approximate surface area is 127 Å². The largest absolute Gasteiger partial charge is 0.462 e. The summed E-state index contributed by atoms with van der Waals surface area (Å²) in [6, 6.07) is 6.45. The fraction of sp³-hybridized carbons (Fsp3) is 0.231. The number of benzene rings is 1. The third kappa shape index (κ3) is 5.22. The smallest absolute Gasteiger partial charge is 0.431 e. The lowest BCUT2D eigenvalue weighted by atomic mass is 10.2. The van der Waals surface area contributed by atoms with Crippen LogP contribution in [0.2, 0.25) is 0 Å². The van der Waals surface area contributed by atoms with Crippen LogP contribution in [0.25, 0.3) is 0 Å². The molecule has 0 radical (unpaired) electrons. The summed E-state index contributed by atoms with van der Waals surface area (Å²) >= 11 is 3.21. The lowest BCUT2D eigenvalue weighted by Crippen LogP contribution is -2.26. The van der Waals surface area contributed by atoms with Gasteiger partial charge in [0, 0.05) is 10.7 Å². The molecule has 114 valence electrons. The first-order valence-electron chi connectivity index (χ1n) is 5.79. The molecule has 2 N–H and O–H groups in total. The van der Waals surface area contributed by atoms with Gasteiger partial charge >= 0.3 is 12.1 Å². The van der Waals surface area contributed by atoms with E-state index in [9.17, 15) is 18.0 Å². The van der Waals surface area contributed by atoms with E-state index in [4.69, 9.17) is 5.73 Å². The topological polar surface area (TPSA) is 64.7 Å². The van der Waals surface area contributed by atoms with Gasteiger partial charge in [-0.05, 0) is 31.2 Å². The molecule has 0 bridgehead atoms. The van der Waals surface area contributed by atoms with E-state index in [1.165, 1.54) is 6.92 Å². The van der Waals surface area contributed by atoms with E-state index < -0.39 is 23.4 Å². The molecular formula is C13H12BrF3N2O2. The number of carbonyl (C=O) groups excluding carboxylic acids is 1. The first kappa shape index (κ1) is 17.2. The normalized spacial score (nSPS) is 13.2. The second-order valence-corrected chi connectivity index (χ2v) is 4.70. The van der Waals surface area contributed by atoms with E-state index in [-0.39, 0.29) is 6.61 Å². The van der Waals surface area contributed by atoms with E-state index in [0.29, 0.717) is 5.69 Å². The molecular weight excluding hydrogens is 353 g/mol. The van der Waals surface area contributed by atoms with Crippen LogP contribution in [0.1, 0.15) is 6.92 Å². The molecule has 0 saturated heterocycles. The molecule has 0 spiro atoms. The van der Waals surface area contributed by atoms with Gasteiger partial charge in [0.25, 0.3) is 0 Å². The minimum absolute atomic E-state index is 0.0698. The van der Waals surface area contributed by atoms with Crippen molar-refractivity contribution in [1.82, 2.24) is 0 Å². The number of carbonyl (C=O) groups is 1. The van der Waals surface area contributed by atoms with Crippen LogP contribution in [-0.4, -0.2) is 25.0 Å². The minimum Gasteiger partial charge on any atom is -0.462 e. The van der Waals surface area contributed by atoms with Crippen molar-refractivity contribution in [2.45, 2.75) is 13.1 Å². The van der Waals surface area contributed by atoms with Crippen molar-refractivity contribution in [3.63, 3.8) is 0 Å². The van der Waals surface area contributed by atoms with E-state index in [1.807, 2.05) is 0 Å². The Morgan fingerprint density at radius 3 is 2.43 bits per heavy atom. The summed E-state index contributed by atoms with van der Waals surface area (Å²) in [6.07, 6.45) is -4.09. The first-order valence-corrected chi connectivity index (χ1v) is 6.58. The summed E-state index contributed by atoms with van der Waals surface area (Å²) in [7, 11) is 0. The van der Waals surface area contributed by atoms with Gasteiger partial charge in [0.05, 0.1) is 12.3 Å². The highest BCUT2D eigenvalue weighted by molar-refractivity contribution is 9.10. The van der Waals surface area contributed by atoms with Gasteiger partial charge in [-0.15, -0.1) is 0 Å². The molecule has 0 saturated carbocycles. The second kappa shape index (κ2) is 7.26. The monoisotopic (exact) mass is 364 g/mol. The molecule has 0 fully saturated rings. The maximum Gasteiger partial charge on any atom is 0.431 e. The lowest BCUT2D eigenvalue weighted by molar-refractivity contribution is -0.139. The Morgan fingerprint density at radius 1 is 1.38 bits per heavy atom. The number of hydrogen-bond acceptors (Lipinski definition) is 4. The molecule has 8 heteroatoms. The van der Waals surface area contributed by atoms with Gasteiger partial charge in [0.2, 0.25) is 0 Å². The van der Waals surface area contributed by atoms with Crippen LogP contribution < -0.4 is 5.73 Å². The second-order valence-electron chi connectivity index (χ2n) is 3.78. The Hall–Kier alpha value is -1.83. The predicted molar refractivity (Wildman–Crippen MR) is 76.2 cm³/mol. The van der Waals surface area contributed by atoms with Crippen molar-refractivity contribution in [2.75, 3.05) is 6.61 Å². The van der Waals surface area contributed by atoms with Crippen LogP contribution in [0.4, 0.5) is 18.9 Å². The number of aliphatic imine (C=N–C) groups is 1. The molecule has 1 aromatic rings. The molecule has 0 heterocycles. The maximum absolute atomic E-state index is 12.6. The number of nitrogens with two attached hydrogens (primary N) is 1. The Balaban J connectivity index is 3.14. The molecule has 21 heavy (non-hydrogen) atoms. The number of alkyl halides is 3. The number of ether oxygens (including phenoxy) is 1. The van der Waals surface area contributed by atoms with Gasteiger partial charge < -0.3 is 10.5 Å². The summed E-state index contributed by atoms with van der Waals surface area (Å²) in [5, 5.41) is 0. The summed E-state index contributed by atoms with van der Waals surface area (Å²) in [6.45, 7) is 1.41. The molecule has 0 amide bonds. The molecule has 0 atom stereocenters. The SMILES string of the molecule is CCOC(=O)/C(C=Nc1ccc(Br)cc1)=C(/N)C(F)(F)F. The average Bonchev–Trinajstić information content (AvgIpc) is 2.40. The first-order chi connectivity index (χ1) is 9.75. The molecule has 0 aliphatic carbocycles. The Morgan fingerprint density at radius 2 is 1.95 bits per heavy atom.